The van der Waals surface area contributed by atoms with Gasteiger partial charge in [0.25, 0.3) is 0 Å². The summed E-state index contributed by atoms with van der Waals surface area (Å²) in [5.74, 6) is 0.535. The van der Waals surface area contributed by atoms with Gasteiger partial charge in [-0.1, -0.05) is 35.9 Å². The van der Waals surface area contributed by atoms with Crippen LogP contribution in [0.1, 0.15) is 5.56 Å². The van der Waals surface area contributed by atoms with Crippen LogP contribution in [0.5, 0.6) is 0 Å². The van der Waals surface area contributed by atoms with Gasteiger partial charge in [0.15, 0.2) is 0 Å². The molecule has 90 valence electrons. The normalized spacial score (nSPS) is 11.0. The fraction of sp³-hybridized carbons (Fsp3) is 0.0667. The first-order valence-corrected chi connectivity index (χ1v) is 7.40. The molecule has 0 saturated heterocycles. The predicted octanol–water partition coefficient (Wildman–Crippen LogP) is 5.96. The van der Waals surface area contributed by atoms with Crippen LogP contribution in [0.3, 0.4) is 0 Å². The maximum Gasteiger partial charge on any atom is 0.0484 e. The molecule has 3 aromatic rings. The summed E-state index contributed by atoms with van der Waals surface area (Å²) in [6.45, 7) is 0. The summed E-state index contributed by atoms with van der Waals surface area (Å²) in [7, 11) is 0. The summed E-state index contributed by atoms with van der Waals surface area (Å²) in [5, 5.41) is 4.17. The molecule has 2 aromatic carbocycles. The molecular formula is C15H10Cl2S. The standard InChI is InChI=1S/C15H10Cl2S/c16-8-10-5-6-15-12(7-10)13(9-18-15)11-3-1-2-4-14(11)17/h1-7,9H,8H2. The van der Waals surface area contributed by atoms with Crippen molar-refractivity contribution in [1.29, 1.82) is 0 Å². The first-order chi connectivity index (χ1) is 8.79. The van der Waals surface area contributed by atoms with Gasteiger partial charge in [0.2, 0.25) is 0 Å². The maximum absolute atomic E-state index is 6.27. The van der Waals surface area contributed by atoms with E-state index in [1.165, 1.54) is 15.6 Å². The Morgan fingerprint density at radius 2 is 1.83 bits per heavy atom. The first kappa shape index (κ1) is 12.0. The Bertz CT molecular complexity index is 701. The van der Waals surface area contributed by atoms with E-state index in [1.54, 1.807) is 11.3 Å². The van der Waals surface area contributed by atoms with Gasteiger partial charge < -0.3 is 0 Å². The van der Waals surface area contributed by atoms with Gasteiger partial charge in [0.05, 0.1) is 0 Å². The van der Waals surface area contributed by atoms with Crippen molar-refractivity contribution in [3.63, 3.8) is 0 Å². The molecule has 0 N–H and O–H groups in total. The summed E-state index contributed by atoms with van der Waals surface area (Å²) >= 11 is 13.9. The van der Waals surface area contributed by atoms with Crippen molar-refractivity contribution in [3.8, 4) is 11.1 Å². The second-order valence-corrected chi connectivity index (χ2v) is 5.68. The van der Waals surface area contributed by atoms with Crippen LogP contribution >= 0.6 is 34.5 Å². The molecule has 0 fully saturated rings. The number of hydrogen-bond acceptors (Lipinski definition) is 1. The minimum atomic E-state index is 0.535. The SMILES string of the molecule is ClCc1ccc2scc(-c3ccccc3Cl)c2c1. The Hall–Kier alpha value is -1.02. The van der Waals surface area contributed by atoms with Crippen LogP contribution in [0.25, 0.3) is 21.2 Å². The molecule has 0 saturated carbocycles. The Morgan fingerprint density at radius 3 is 2.61 bits per heavy atom. The Balaban J connectivity index is 2.26. The third-order valence-electron chi connectivity index (χ3n) is 2.96. The monoisotopic (exact) mass is 292 g/mol. The molecule has 0 aliphatic carbocycles. The molecule has 1 aromatic heterocycles. The topological polar surface area (TPSA) is 0 Å². The van der Waals surface area contributed by atoms with Crippen LogP contribution in [-0.2, 0) is 5.88 Å². The van der Waals surface area contributed by atoms with Gasteiger partial charge in [-0.3, -0.25) is 0 Å². The second-order valence-electron chi connectivity index (χ2n) is 4.09. The molecule has 3 heteroatoms. The van der Waals surface area contributed by atoms with Gasteiger partial charge in [0.1, 0.15) is 0 Å². The maximum atomic E-state index is 6.27. The van der Waals surface area contributed by atoms with Crippen molar-refractivity contribution in [2.24, 2.45) is 0 Å². The van der Waals surface area contributed by atoms with Crippen molar-refractivity contribution in [1.82, 2.24) is 0 Å². The number of hydrogen-bond donors (Lipinski definition) is 0. The number of fused-ring (bicyclic) bond motifs is 1. The largest absolute Gasteiger partial charge is 0.143 e. The van der Waals surface area contributed by atoms with Crippen LogP contribution in [0.2, 0.25) is 5.02 Å². The van der Waals surface area contributed by atoms with Crippen molar-refractivity contribution in [2.45, 2.75) is 5.88 Å². The van der Waals surface area contributed by atoms with Gasteiger partial charge in [-0.15, -0.1) is 22.9 Å². The highest BCUT2D eigenvalue weighted by Gasteiger charge is 2.09. The highest BCUT2D eigenvalue weighted by atomic mass is 35.5. The van der Waals surface area contributed by atoms with Gasteiger partial charge in [-0.2, -0.15) is 0 Å². The summed E-state index contributed by atoms with van der Waals surface area (Å²) in [6, 6.07) is 14.3. The smallest absolute Gasteiger partial charge is 0.0484 e. The van der Waals surface area contributed by atoms with Crippen molar-refractivity contribution in [2.75, 3.05) is 0 Å². The number of rotatable bonds is 2. The van der Waals surface area contributed by atoms with E-state index in [0.717, 1.165) is 16.1 Å². The first-order valence-electron chi connectivity index (χ1n) is 5.60. The molecule has 18 heavy (non-hydrogen) atoms. The van der Waals surface area contributed by atoms with E-state index in [2.05, 4.69) is 29.6 Å². The molecule has 0 aliphatic rings. The third-order valence-corrected chi connectivity index (χ3v) is 4.56. The molecule has 0 amide bonds. The molecule has 0 spiro atoms. The van der Waals surface area contributed by atoms with Crippen molar-refractivity contribution < 1.29 is 0 Å². The number of benzene rings is 2. The minimum absolute atomic E-state index is 0.535. The lowest BCUT2D eigenvalue weighted by Crippen LogP contribution is -1.79. The van der Waals surface area contributed by atoms with E-state index >= 15 is 0 Å². The zero-order valence-electron chi connectivity index (χ0n) is 9.49. The van der Waals surface area contributed by atoms with Gasteiger partial charge >= 0.3 is 0 Å². The lowest BCUT2D eigenvalue weighted by Gasteiger charge is -2.03. The Kier molecular flexibility index (Phi) is 3.29. The van der Waals surface area contributed by atoms with Crippen LogP contribution < -0.4 is 0 Å². The molecule has 0 unspecified atom stereocenters. The molecule has 0 nitrogen and oxygen atoms in total. The van der Waals surface area contributed by atoms with E-state index in [0.29, 0.717) is 5.88 Å². The van der Waals surface area contributed by atoms with Gasteiger partial charge in [-0.25, -0.2) is 0 Å². The quantitative estimate of drug-likeness (QED) is 0.511. The molecule has 1 heterocycles. The Labute approximate surface area is 120 Å². The fourth-order valence-electron chi connectivity index (χ4n) is 2.05. The number of alkyl halides is 1. The predicted molar refractivity (Wildman–Crippen MR) is 81.8 cm³/mol. The molecular weight excluding hydrogens is 283 g/mol. The molecule has 0 radical (unpaired) electrons. The average Bonchev–Trinajstić information content (AvgIpc) is 2.82. The number of halogens is 2. The summed E-state index contributed by atoms with van der Waals surface area (Å²) in [4.78, 5) is 0. The third kappa shape index (κ3) is 2.03. The van der Waals surface area contributed by atoms with Crippen molar-refractivity contribution in [3.05, 3.63) is 58.4 Å². The lowest BCUT2D eigenvalue weighted by atomic mass is 10.0. The van der Waals surface area contributed by atoms with Crippen LogP contribution in [-0.4, -0.2) is 0 Å². The van der Waals surface area contributed by atoms with Crippen LogP contribution in [0, 0.1) is 0 Å². The van der Waals surface area contributed by atoms with E-state index in [-0.39, 0.29) is 0 Å². The summed E-state index contributed by atoms with van der Waals surface area (Å²) < 4.78 is 1.26. The number of thiophene rings is 1. The average molecular weight is 293 g/mol. The highest BCUT2D eigenvalue weighted by Crippen LogP contribution is 2.37. The molecule has 0 atom stereocenters. The van der Waals surface area contributed by atoms with E-state index < -0.39 is 0 Å². The minimum Gasteiger partial charge on any atom is -0.143 e. The fourth-order valence-corrected chi connectivity index (χ4v) is 3.39. The molecule has 3 rings (SSSR count). The van der Waals surface area contributed by atoms with E-state index in [4.69, 9.17) is 23.2 Å². The second kappa shape index (κ2) is 4.93. The summed E-state index contributed by atoms with van der Waals surface area (Å²) in [6.07, 6.45) is 0. The summed E-state index contributed by atoms with van der Waals surface area (Å²) in [5.41, 5.74) is 3.40. The van der Waals surface area contributed by atoms with Crippen LogP contribution in [0.15, 0.2) is 47.8 Å². The van der Waals surface area contributed by atoms with Crippen molar-refractivity contribution >= 4 is 44.6 Å². The highest BCUT2D eigenvalue weighted by molar-refractivity contribution is 7.17. The zero-order valence-corrected chi connectivity index (χ0v) is 11.8. The zero-order chi connectivity index (χ0) is 12.5. The Morgan fingerprint density at radius 1 is 1.00 bits per heavy atom. The molecule has 0 bridgehead atoms. The van der Waals surface area contributed by atoms with E-state index in [1.807, 2.05) is 18.2 Å². The van der Waals surface area contributed by atoms with Gasteiger partial charge in [-0.05, 0) is 29.1 Å². The van der Waals surface area contributed by atoms with E-state index in [9.17, 15) is 0 Å². The van der Waals surface area contributed by atoms with Gasteiger partial charge in [0, 0.05) is 32.1 Å². The van der Waals surface area contributed by atoms with Crippen LogP contribution in [0.4, 0.5) is 0 Å². The lowest BCUT2D eigenvalue weighted by molar-refractivity contribution is 1.43. The molecule has 0 aliphatic heterocycles.